The standard InChI is InChI=1S/C27H37N2.C3H7I.2CH4O.2Cu/c1-18(2)22-11-9-12-23(19(3)4)26(22)28-15-16-29(17-28)27-24(20(5)6)13-10-14-25(27)21(7)8;1-2-3-4;2*1-2;;/h9-21H,1-8H3;2-3H2,1H3;2*2H,1H3;;/q-1;;;;;+1. The second-order valence-electron chi connectivity index (χ2n) is 10.1. The molecule has 0 saturated carbocycles. The average molecular weight is 751 g/mol. The van der Waals surface area contributed by atoms with Crippen LogP contribution in [0, 0.1) is 6.67 Å². The number of para-hydroxylation sites is 2. The normalized spacial score (nSPS) is 11.7. The van der Waals surface area contributed by atoms with Crippen LogP contribution in [0.4, 0.5) is 11.4 Å². The number of nitrogens with zero attached hydrogens (tertiary/aromatic N) is 2. The zero-order chi connectivity index (χ0) is 28.7. The van der Waals surface area contributed by atoms with Gasteiger partial charge in [0.25, 0.3) is 0 Å². The van der Waals surface area contributed by atoms with Crippen LogP contribution < -0.4 is 9.80 Å². The van der Waals surface area contributed by atoms with Gasteiger partial charge >= 0.3 is 17.1 Å². The molecule has 1 heterocycles. The summed E-state index contributed by atoms with van der Waals surface area (Å²) in [5, 5.41) is 14.0. The van der Waals surface area contributed by atoms with Crippen LogP contribution in [0.5, 0.6) is 0 Å². The van der Waals surface area contributed by atoms with Crippen molar-refractivity contribution in [3.8, 4) is 0 Å². The molecule has 0 saturated heterocycles. The molecule has 0 atom stereocenters. The molecule has 1 aliphatic heterocycles. The number of aliphatic hydroxyl groups excluding tert-OH is 2. The largest absolute Gasteiger partial charge is 1.00 e. The summed E-state index contributed by atoms with van der Waals surface area (Å²) in [6, 6.07) is 13.5. The molecular weight excluding hydrogens is 698 g/mol. The molecule has 0 spiro atoms. The Bertz CT molecular complexity index is 808. The van der Waals surface area contributed by atoms with E-state index >= 15 is 0 Å². The molecule has 231 valence electrons. The minimum Gasteiger partial charge on any atom is -0.479 e. The maximum Gasteiger partial charge on any atom is 1.00 e. The van der Waals surface area contributed by atoms with E-state index in [1.165, 1.54) is 44.5 Å². The van der Waals surface area contributed by atoms with Crippen molar-refractivity contribution < 1.29 is 44.4 Å². The maximum atomic E-state index is 7.00. The van der Waals surface area contributed by atoms with Gasteiger partial charge in [0, 0.05) is 42.7 Å². The summed E-state index contributed by atoms with van der Waals surface area (Å²) in [7, 11) is 2.00. The van der Waals surface area contributed by atoms with Crippen molar-refractivity contribution in [2.45, 2.75) is 92.4 Å². The molecule has 0 unspecified atom stereocenters. The van der Waals surface area contributed by atoms with Gasteiger partial charge in [0.2, 0.25) is 0 Å². The van der Waals surface area contributed by atoms with Gasteiger partial charge in [-0.25, -0.2) is 0 Å². The van der Waals surface area contributed by atoms with Crippen LogP contribution in [0.1, 0.15) is 115 Å². The molecule has 2 aromatic carbocycles. The fourth-order valence-corrected chi connectivity index (χ4v) is 4.24. The number of anilines is 2. The van der Waals surface area contributed by atoms with Gasteiger partial charge in [-0.2, -0.15) is 0 Å². The molecule has 4 nitrogen and oxygen atoms in total. The van der Waals surface area contributed by atoms with E-state index in [0.717, 1.165) is 14.2 Å². The Labute approximate surface area is 275 Å². The zero-order valence-corrected chi connectivity index (χ0v) is 29.7. The number of rotatable bonds is 7. The summed E-state index contributed by atoms with van der Waals surface area (Å²) in [6.07, 6.45) is 5.74. The molecule has 1 radical (unpaired) electrons. The molecule has 0 aliphatic carbocycles. The minimum absolute atomic E-state index is 0. The first kappa shape index (κ1) is 42.9. The summed E-state index contributed by atoms with van der Waals surface area (Å²) >= 11 is 2.35. The van der Waals surface area contributed by atoms with Crippen LogP contribution >= 0.6 is 22.6 Å². The Kier molecular flexibility index (Phi) is 25.4. The molecule has 2 aromatic rings. The first-order chi connectivity index (χ1) is 17.6. The van der Waals surface area contributed by atoms with Crippen molar-refractivity contribution in [1.82, 2.24) is 0 Å². The summed E-state index contributed by atoms with van der Waals surface area (Å²) in [5.41, 5.74) is 8.29. The van der Waals surface area contributed by atoms with Crippen molar-refractivity contribution in [2.75, 3.05) is 28.4 Å². The van der Waals surface area contributed by atoms with E-state index in [4.69, 9.17) is 10.2 Å². The van der Waals surface area contributed by atoms with Crippen molar-refractivity contribution in [1.29, 1.82) is 0 Å². The van der Waals surface area contributed by atoms with Crippen molar-refractivity contribution >= 4 is 34.0 Å². The Morgan fingerprint density at radius 2 is 0.872 bits per heavy atom. The third-order valence-electron chi connectivity index (χ3n) is 6.03. The van der Waals surface area contributed by atoms with E-state index in [2.05, 4.69) is 150 Å². The molecule has 0 fully saturated rings. The number of aliphatic hydroxyl groups is 2. The predicted octanol–water partition coefficient (Wildman–Crippen LogP) is 9.14. The quantitative estimate of drug-likeness (QED) is 0.128. The van der Waals surface area contributed by atoms with E-state index in [1.807, 2.05) is 0 Å². The second kappa shape index (κ2) is 23.1. The van der Waals surface area contributed by atoms with Gasteiger partial charge in [-0.3, -0.25) is 0 Å². The monoisotopic (exact) mass is 749 g/mol. The number of halogens is 1. The summed E-state index contributed by atoms with van der Waals surface area (Å²) < 4.78 is 1.29. The van der Waals surface area contributed by atoms with E-state index in [9.17, 15) is 0 Å². The summed E-state index contributed by atoms with van der Waals surface area (Å²) in [5.74, 6) is 1.92. The van der Waals surface area contributed by atoms with Gasteiger partial charge in [-0.05, 0) is 69.2 Å². The van der Waals surface area contributed by atoms with E-state index in [0.29, 0.717) is 23.7 Å². The molecule has 0 bridgehead atoms. The second-order valence-corrected chi connectivity index (χ2v) is 11.2. The number of benzene rings is 2. The summed E-state index contributed by atoms with van der Waals surface area (Å²) in [6.45, 7) is 22.7. The van der Waals surface area contributed by atoms with Crippen LogP contribution in [-0.2, 0) is 34.1 Å². The predicted molar refractivity (Wildman–Crippen MR) is 173 cm³/mol. The SMILES string of the molecule is CC(C)c1cccc(C(C)C)c1N1C=CN(c2c(C(C)C)cccc2C(C)C)[CH-]1.CCCI.CO.CO.[Cu+].[Cu]. The fraction of sp³-hybridized carbons (Fsp3) is 0.531. The first-order valence-corrected chi connectivity index (χ1v) is 15.0. The van der Waals surface area contributed by atoms with Crippen molar-refractivity contribution in [3.63, 3.8) is 0 Å². The topological polar surface area (TPSA) is 46.9 Å². The van der Waals surface area contributed by atoms with Crippen LogP contribution in [0.25, 0.3) is 0 Å². The molecule has 3 rings (SSSR count). The Balaban J connectivity index is -0.00000117. The third kappa shape index (κ3) is 12.5. The molecule has 1 aliphatic rings. The molecule has 39 heavy (non-hydrogen) atoms. The van der Waals surface area contributed by atoms with Gasteiger partial charge in [0.15, 0.2) is 0 Å². The molecule has 2 N–H and O–H groups in total. The molecule has 0 amide bonds. The van der Waals surface area contributed by atoms with Gasteiger partial charge < -0.3 is 20.0 Å². The Hall–Kier alpha value is -0.531. The van der Waals surface area contributed by atoms with Crippen LogP contribution in [0.15, 0.2) is 48.8 Å². The van der Waals surface area contributed by atoms with Crippen molar-refractivity contribution in [3.05, 3.63) is 77.7 Å². The van der Waals surface area contributed by atoms with Crippen molar-refractivity contribution in [2.24, 2.45) is 0 Å². The number of hydrogen-bond donors (Lipinski definition) is 2. The third-order valence-corrected chi connectivity index (χ3v) is 7.11. The summed E-state index contributed by atoms with van der Waals surface area (Å²) in [4.78, 5) is 4.65. The van der Waals surface area contributed by atoms with Gasteiger partial charge in [0.05, 0.1) is 0 Å². The molecule has 7 heteroatoms. The Morgan fingerprint density at radius 1 is 0.641 bits per heavy atom. The van der Waals surface area contributed by atoms with E-state index in [1.54, 1.807) is 0 Å². The van der Waals surface area contributed by atoms with Gasteiger partial charge in [0.1, 0.15) is 0 Å². The van der Waals surface area contributed by atoms with Gasteiger partial charge in [-0.15, -0.1) is 6.67 Å². The first-order valence-electron chi connectivity index (χ1n) is 13.4. The van der Waals surface area contributed by atoms with E-state index < -0.39 is 0 Å². The number of hydrogen-bond acceptors (Lipinski definition) is 4. The van der Waals surface area contributed by atoms with Crippen LogP contribution in [0.3, 0.4) is 0 Å². The smallest absolute Gasteiger partial charge is 0.479 e. The molecular formula is C32H52Cu2IN2O2. The zero-order valence-electron chi connectivity index (χ0n) is 25.7. The molecule has 0 aromatic heterocycles. The van der Waals surface area contributed by atoms with E-state index in [-0.39, 0.29) is 34.1 Å². The number of alkyl halides is 1. The fourth-order valence-electron chi connectivity index (χ4n) is 4.24. The van der Waals surface area contributed by atoms with Gasteiger partial charge in [-0.1, -0.05) is 121 Å². The average Bonchev–Trinajstić information content (AvgIpc) is 3.39. The van der Waals surface area contributed by atoms with Crippen LogP contribution in [0.2, 0.25) is 0 Å². The Morgan fingerprint density at radius 3 is 1.05 bits per heavy atom. The van der Waals surface area contributed by atoms with Crippen LogP contribution in [-0.4, -0.2) is 28.9 Å². The maximum absolute atomic E-state index is 7.00. The minimum atomic E-state index is 0.